The fourth-order valence-corrected chi connectivity index (χ4v) is 2.72. The van der Waals surface area contributed by atoms with Gasteiger partial charge in [0.25, 0.3) is 15.0 Å². The Balaban J connectivity index is 1.99. The van der Waals surface area contributed by atoms with Crippen molar-refractivity contribution in [2.24, 2.45) is 5.92 Å². The molecule has 110 valence electrons. The van der Waals surface area contributed by atoms with E-state index < -0.39 is 25.7 Å². The van der Waals surface area contributed by atoms with E-state index in [1.54, 1.807) is 0 Å². The van der Waals surface area contributed by atoms with Gasteiger partial charge < -0.3 is 5.32 Å². The highest BCUT2D eigenvalue weighted by Gasteiger charge is 2.20. The maximum absolute atomic E-state index is 13.3. The molecule has 0 aliphatic heterocycles. The number of amides is 1. The lowest BCUT2D eigenvalue weighted by atomic mass is 10.2. The predicted octanol–water partition coefficient (Wildman–Crippen LogP) is 2.67. The van der Waals surface area contributed by atoms with Gasteiger partial charge in [0.15, 0.2) is 0 Å². The summed E-state index contributed by atoms with van der Waals surface area (Å²) in [5.74, 6) is -0.522. The van der Waals surface area contributed by atoms with Crippen LogP contribution in [0.15, 0.2) is 23.1 Å². The molecule has 1 amide bonds. The fraction of sp³-hybridized carbons (Fsp3) is 0.462. The van der Waals surface area contributed by atoms with Crippen molar-refractivity contribution in [2.75, 3.05) is 6.54 Å². The van der Waals surface area contributed by atoms with Gasteiger partial charge in [-0.3, -0.25) is 4.79 Å². The Labute approximate surface area is 121 Å². The second-order valence-electron chi connectivity index (χ2n) is 4.95. The van der Waals surface area contributed by atoms with Crippen LogP contribution in [0, 0.1) is 11.7 Å². The third kappa shape index (κ3) is 4.45. The topological polar surface area (TPSA) is 63.2 Å². The maximum atomic E-state index is 13.3. The lowest BCUT2D eigenvalue weighted by molar-refractivity contribution is 0.0952. The average molecular weight is 320 g/mol. The molecular formula is C13H15ClFNO3S. The molecule has 0 bridgehead atoms. The first-order valence-corrected chi connectivity index (χ1v) is 8.70. The summed E-state index contributed by atoms with van der Waals surface area (Å²) >= 11 is 0. The molecule has 0 heterocycles. The van der Waals surface area contributed by atoms with Gasteiger partial charge >= 0.3 is 0 Å². The van der Waals surface area contributed by atoms with Gasteiger partial charge in [-0.15, -0.1) is 0 Å². The zero-order valence-corrected chi connectivity index (χ0v) is 12.3. The Bertz CT molecular complexity index is 614. The molecule has 0 aromatic heterocycles. The molecule has 0 radical (unpaired) electrons. The van der Waals surface area contributed by atoms with Crippen molar-refractivity contribution in [1.82, 2.24) is 5.32 Å². The van der Waals surface area contributed by atoms with E-state index in [0.29, 0.717) is 6.54 Å². The second kappa shape index (κ2) is 6.10. The highest BCUT2D eigenvalue weighted by Crippen LogP contribution is 2.33. The van der Waals surface area contributed by atoms with Crippen molar-refractivity contribution in [1.29, 1.82) is 0 Å². The van der Waals surface area contributed by atoms with Crippen LogP contribution in [-0.4, -0.2) is 20.9 Å². The van der Waals surface area contributed by atoms with Crippen molar-refractivity contribution in [3.05, 3.63) is 29.6 Å². The molecule has 0 unspecified atom stereocenters. The lowest BCUT2D eigenvalue weighted by Crippen LogP contribution is -2.24. The number of rotatable bonds is 6. The molecule has 1 aliphatic carbocycles. The maximum Gasteiger partial charge on any atom is 0.261 e. The van der Waals surface area contributed by atoms with Crippen LogP contribution in [0.5, 0.6) is 0 Å². The first-order valence-electron chi connectivity index (χ1n) is 6.40. The van der Waals surface area contributed by atoms with Gasteiger partial charge in [-0.05, 0) is 37.0 Å². The van der Waals surface area contributed by atoms with Crippen LogP contribution < -0.4 is 5.32 Å². The summed E-state index contributed by atoms with van der Waals surface area (Å²) in [7, 11) is 1.09. The SMILES string of the molecule is O=C(NCCCC1CC1)c1cc(F)cc(S(=O)(=O)Cl)c1. The van der Waals surface area contributed by atoms with E-state index in [0.717, 1.165) is 37.0 Å². The van der Waals surface area contributed by atoms with Crippen LogP contribution in [-0.2, 0) is 9.05 Å². The van der Waals surface area contributed by atoms with Crippen LogP contribution in [0.3, 0.4) is 0 Å². The molecule has 20 heavy (non-hydrogen) atoms. The lowest BCUT2D eigenvalue weighted by Gasteiger charge is -2.06. The molecule has 4 nitrogen and oxygen atoms in total. The molecule has 1 N–H and O–H groups in total. The first-order chi connectivity index (χ1) is 9.36. The predicted molar refractivity (Wildman–Crippen MR) is 73.7 cm³/mol. The number of hydrogen-bond acceptors (Lipinski definition) is 3. The molecule has 0 spiro atoms. The van der Waals surface area contributed by atoms with Crippen LogP contribution in [0.1, 0.15) is 36.0 Å². The third-order valence-corrected chi connectivity index (χ3v) is 4.52. The van der Waals surface area contributed by atoms with Crippen molar-refractivity contribution in [3.63, 3.8) is 0 Å². The summed E-state index contributed by atoms with van der Waals surface area (Å²) in [4.78, 5) is 11.4. The van der Waals surface area contributed by atoms with Crippen LogP contribution in [0.25, 0.3) is 0 Å². The summed E-state index contributed by atoms with van der Waals surface area (Å²) in [6.07, 6.45) is 4.46. The zero-order valence-electron chi connectivity index (χ0n) is 10.7. The van der Waals surface area contributed by atoms with E-state index in [1.165, 1.54) is 12.8 Å². The Morgan fingerprint density at radius 3 is 2.65 bits per heavy atom. The molecule has 7 heteroatoms. The summed E-state index contributed by atoms with van der Waals surface area (Å²) < 4.78 is 35.7. The van der Waals surface area contributed by atoms with E-state index >= 15 is 0 Å². The summed E-state index contributed by atoms with van der Waals surface area (Å²) in [5.41, 5.74) is -0.0457. The van der Waals surface area contributed by atoms with Crippen molar-refractivity contribution in [2.45, 2.75) is 30.6 Å². The molecular weight excluding hydrogens is 305 g/mol. The molecule has 0 saturated heterocycles. The highest BCUT2D eigenvalue weighted by molar-refractivity contribution is 8.13. The van der Waals surface area contributed by atoms with Gasteiger partial charge in [-0.25, -0.2) is 12.8 Å². The Morgan fingerprint density at radius 2 is 2.05 bits per heavy atom. The number of nitrogens with one attached hydrogen (secondary N) is 1. The average Bonchev–Trinajstić information content (AvgIpc) is 3.16. The quantitative estimate of drug-likeness (QED) is 0.647. The van der Waals surface area contributed by atoms with Crippen LogP contribution in [0.2, 0.25) is 0 Å². The van der Waals surface area contributed by atoms with Crippen LogP contribution >= 0.6 is 10.7 Å². The molecule has 1 aromatic rings. The zero-order chi connectivity index (χ0) is 14.8. The number of hydrogen-bond donors (Lipinski definition) is 1. The van der Waals surface area contributed by atoms with E-state index in [1.807, 2.05) is 0 Å². The summed E-state index contributed by atoms with van der Waals surface area (Å²) in [5, 5.41) is 2.64. The van der Waals surface area contributed by atoms with Gasteiger partial charge in [0.1, 0.15) is 5.82 Å². The normalized spacial score (nSPS) is 15.1. The summed E-state index contributed by atoms with van der Waals surface area (Å²) in [6.45, 7) is 0.495. The largest absolute Gasteiger partial charge is 0.352 e. The van der Waals surface area contributed by atoms with Crippen molar-refractivity contribution < 1.29 is 17.6 Å². The number of carbonyl (C=O) groups is 1. The van der Waals surface area contributed by atoms with E-state index in [4.69, 9.17) is 10.7 Å². The smallest absolute Gasteiger partial charge is 0.261 e. The molecule has 1 aliphatic rings. The van der Waals surface area contributed by atoms with Gasteiger partial charge in [-0.1, -0.05) is 12.8 Å². The minimum absolute atomic E-state index is 0.0457. The first kappa shape index (κ1) is 15.3. The number of benzene rings is 1. The Morgan fingerprint density at radius 1 is 1.35 bits per heavy atom. The Hall–Kier alpha value is -1.14. The highest BCUT2D eigenvalue weighted by atomic mass is 35.7. The minimum Gasteiger partial charge on any atom is -0.352 e. The second-order valence-corrected chi connectivity index (χ2v) is 7.52. The minimum atomic E-state index is -4.06. The molecule has 0 atom stereocenters. The third-order valence-electron chi connectivity index (χ3n) is 3.19. The standard InChI is InChI=1S/C13H15ClFNO3S/c14-20(18,19)12-7-10(6-11(15)8-12)13(17)16-5-1-2-9-3-4-9/h6-9H,1-5H2,(H,16,17). The van der Waals surface area contributed by atoms with Gasteiger partial charge in [0.2, 0.25) is 0 Å². The number of halogens is 2. The molecule has 1 fully saturated rings. The van der Waals surface area contributed by atoms with E-state index in [2.05, 4.69) is 5.32 Å². The summed E-state index contributed by atoms with van der Waals surface area (Å²) in [6, 6.07) is 2.84. The molecule has 1 aromatic carbocycles. The van der Waals surface area contributed by atoms with Crippen LogP contribution in [0.4, 0.5) is 4.39 Å². The monoisotopic (exact) mass is 319 g/mol. The van der Waals surface area contributed by atoms with E-state index in [-0.39, 0.29) is 5.56 Å². The van der Waals surface area contributed by atoms with Gasteiger partial charge in [0.05, 0.1) is 4.90 Å². The van der Waals surface area contributed by atoms with Gasteiger partial charge in [0, 0.05) is 22.8 Å². The Kier molecular flexibility index (Phi) is 4.65. The fourth-order valence-electron chi connectivity index (χ4n) is 1.94. The van der Waals surface area contributed by atoms with Crippen molar-refractivity contribution in [3.8, 4) is 0 Å². The van der Waals surface area contributed by atoms with Gasteiger partial charge in [-0.2, -0.15) is 0 Å². The van der Waals surface area contributed by atoms with Crippen molar-refractivity contribution >= 4 is 25.6 Å². The molecule has 2 rings (SSSR count). The van der Waals surface area contributed by atoms with E-state index in [9.17, 15) is 17.6 Å². The number of carbonyl (C=O) groups excluding carboxylic acids is 1. The molecule has 1 saturated carbocycles.